The highest BCUT2D eigenvalue weighted by Crippen LogP contribution is 2.37. The Hall–Kier alpha value is -2.29. The summed E-state index contributed by atoms with van der Waals surface area (Å²) in [5.74, 6) is -1.17. The molecular weight excluding hydrogens is 373 g/mol. The van der Waals surface area contributed by atoms with Crippen molar-refractivity contribution in [3.05, 3.63) is 29.3 Å². The van der Waals surface area contributed by atoms with Crippen molar-refractivity contribution in [2.24, 2.45) is 5.92 Å². The highest BCUT2D eigenvalue weighted by atomic mass is 35.5. The molecular formula is C16H16ClF3N4O2. The molecule has 1 saturated carbocycles. The molecule has 1 aromatic carbocycles. The lowest BCUT2D eigenvalue weighted by Crippen LogP contribution is -2.42. The molecule has 1 aromatic heterocycles. The van der Waals surface area contributed by atoms with E-state index in [4.69, 9.17) is 11.6 Å². The summed E-state index contributed by atoms with van der Waals surface area (Å²) < 4.78 is 42.7. The molecule has 1 fully saturated rings. The number of aromatic nitrogens is 2. The van der Waals surface area contributed by atoms with Crippen LogP contribution in [0.3, 0.4) is 0 Å². The predicted molar refractivity (Wildman–Crippen MR) is 88.7 cm³/mol. The van der Waals surface area contributed by atoms with Crippen LogP contribution in [0.2, 0.25) is 5.02 Å². The van der Waals surface area contributed by atoms with Crippen LogP contribution in [0.4, 0.5) is 23.8 Å². The SMILES string of the molecule is O=C(Nc1nonc1-c1ccc(Cl)cc1)NC1CCC(C(F)(F)F)CC1. The summed E-state index contributed by atoms with van der Waals surface area (Å²) in [7, 11) is 0. The number of nitrogens with zero attached hydrogens (tertiary/aromatic N) is 2. The minimum atomic E-state index is -4.17. The van der Waals surface area contributed by atoms with E-state index in [9.17, 15) is 18.0 Å². The highest BCUT2D eigenvalue weighted by molar-refractivity contribution is 6.30. The number of carbonyl (C=O) groups is 1. The lowest BCUT2D eigenvalue weighted by atomic mass is 9.86. The predicted octanol–water partition coefficient (Wildman–Crippen LogP) is 4.63. The molecule has 2 N–H and O–H groups in total. The van der Waals surface area contributed by atoms with E-state index >= 15 is 0 Å². The normalized spacial score (nSPS) is 20.6. The minimum Gasteiger partial charge on any atom is -0.335 e. The molecule has 2 amide bonds. The number of halogens is 4. The molecule has 0 unspecified atom stereocenters. The second-order valence-electron chi connectivity index (χ2n) is 6.16. The lowest BCUT2D eigenvalue weighted by Gasteiger charge is -2.30. The van der Waals surface area contributed by atoms with Gasteiger partial charge in [-0.15, -0.1) is 0 Å². The van der Waals surface area contributed by atoms with Crippen molar-refractivity contribution < 1.29 is 22.6 Å². The monoisotopic (exact) mass is 388 g/mol. The zero-order valence-electron chi connectivity index (χ0n) is 13.5. The van der Waals surface area contributed by atoms with Crippen molar-refractivity contribution in [2.75, 3.05) is 5.32 Å². The van der Waals surface area contributed by atoms with E-state index in [-0.39, 0.29) is 37.5 Å². The highest BCUT2D eigenvalue weighted by Gasteiger charge is 2.41. The zero-order valence-corrected chi connectivity index (χ0v) is 14.3. The van der Waals surface area contributed by atoms with Crippen LogP contribution in [0.1, 0.15) is 25.7 Å². The molecule has 140 valence electrons. The summed E-state index contributed by atoms with van der Waals surface area (Å²) in [5.41, 5.74) is 0.981. The molecule has 0 saturated heterocycles. The quantitative estimate of drug-likeness (QED) is 0.803. The van der Waals surface area contributed by atoms with E-state index in [1.807, 2.05) is 0 Å². The van der Waals surface area contributed by atoms with E-state index in [2.05, 4.69) is 25.6 Å². The number of rotatable bonds is 3. The number of hydrogen-bond donors (Lipinski definition) is 2. The van der Waals surface area contributed by atoms with Crippen LogP contribution >= 0.6 is 11.6 Å². The molecule has 0 atom stereocenters. The topological polar surface area (TPSA) is 80.1 Å². The van der Waals surface area contributed by atoms with Crippen molar-refractivity contribution >= 4 is 23.4 Å². The molecule has 0 bridgehead atoms. The number of amides is 2. The Balaban J connectivity index is 1.57. The van der Waals surface area contributed by atoms with Gasteiger partial charge in [0.2, 0.25) is 5.82 Å². The molecule has 0 aliphatic heterocycles. The number of carbonyl (C=O) groups excluding carboxylic acids is 1. The summed E-state index contributed by atoms with van der Waals surface area (Å²) in [5, 5.41) is 13.1. The van der Waals surface area contributed by atoms with Gasteiger partial charge in [0.15, 0.2) is 5.69 Å². The second kappa shape index (κ2) is 7.53. The first-order valence-corrected chi connectivity index (χ1v) is 8.43. The Morgan fingerprint density at radius 3 is 2.38 bits per heavy atom. The van der Waals surface area contributed by atoms with Crippen molar-refractivity contribution in [1.82, 2.24) is 15.6 Å². The average Bonchev–Trinajstić information content (AvgIpc) is 3.03. The third kappa shape index (κ3) is 4.46. The second-order valence-corrected chi connectivity index (χ2v) is 6.59. The molecule has 1 aliphatic rings. The molecule has 0 radical (unpaired) electrons. The maximum Gasteiger partial charge on any atom is 0.391 e. The fraction of sp³-hybridized carbons (Fsp3) is 0.438. The van der Waals surface area contributed by atoms with Gasteiger partial charge >= 0.3 is 12.2 Å². The van der Waals surface area contributed by atoms with Crippen molar-refractivity contribution in [2.45, 2.75) is 37.9 Å². The molecule has 26 heavy (non-hydrogen) atoms. The maximum absolute atomic E-state index is 12.7. The Kier molecular flexibility index (Phi) is 5.36. The molecule has 0 spiro atoms. The number of nitrogens with one attached hydrogen (secondary N) is 2. The minimum absolute atomic E-state index is 0.00991. The smallest absolute Gasteiger partial charge is 0.335 e. The molecule has 3 rings (SSSR count). The van der Waals surface area contributed by atoms with Crippen LogP contribution in [0.15, 0.2) is 28.9 Å². The standard InChI is InChI=1S/C16H16ClF3N4O2/c17-11-5-1-9(2-6-11)13-14(24-26-23-13)22-15(25)21-12-7-3-10(4-8-12)16(18,19)20/h1-2,5-6,10,12H,3-4,7-8H2,(H2,21,22,24,25). The maximum atomic E-state index is 12.7. The molecule has 10 heteroatoms. The van der Waals surface area contributed by atoms with Gasteiger partial charge in [0.25, 0.3) is 0 Å². The average molecular weight is 389 g/mol. The number of urea groups is 1. The third-order valence-electron chi connectivity index (χ3n) is 4.36. The van der Waals surface area contributed by atoms with Crippen LogP contribution in [0, 0.1) is 5.92 Å². The first-order valence-electron chi connectivity index (χ1n) is 8.05. The van der Waals surface area contributed by atoms with Crippen molar-refractivity contribution in [3.63, 3.8) is 0 Å². The van der Waals surface area contributed by atoms with Gasteiger partial charge < -0.3 is 5.32 Å². The fourth-order valence-electron chi connectivity index (χ4n) is 2.96. The number of anilines is 1. The summed E-state index contributed by atoms with van der Waals surface area (Å²) >= 11 is 5.83. The van der Waals surface area contributed by atoms with Gasteiger partial charge in [-0.1, -0.05) is 23.7 Å². The van der Waals surface area contributed by atoms with Gasteiger partial charge in [0, 0.05) is 16.6 Å². The van der Waals surface area contributed by atoms with Crippen LogP contribution in [0.5, 0.6) is 0 Å². The Labute approximate surface area is 152 Å². The van der Waals surface area contributed by atoms with E-state index in [0.717, 1.165) is 0 Å². The lowest BCUT2D eigenvalue weighted by molar-refractivity contribution is -0.182. The van der Waals surface area contributed by atoms with Gasteiger partial charge in [-0.25, -0.2) is 9.42 Å². The molecule has 2 aromatic rings. The number of hydrogen-bond acceptors (Lipinski definition) is 4. The van der Waals surface area contributed by atoms with Crippen molar-refractivity contribution in [1.29, 1.82) is 0 Å². The summed E-state index contributed by atoms with van der Waals surface area (Å²) in [4.78, 5) is 12.1. The van der Waals surface area contributed by atoms with E-state index in [1.54, 1.807) is 24.3 Å². The van der Waals surface area contributed by atoms with E-state index < -0.39 is 18.1 Å². The first-order chi connectivity index (χ1) is 12.3. The van der Waals surface area contributed by atoms with Gasteiger partial charge in [-0.05, 0) is 48.1 Å². The van der Waals surface area contributed by atoms with Gasteiger partial charge in [-0.3, -0.25) is 5.32 Å². The summed E-state index contributed by atoms with van der Waals surface area (Å²) in [6, 6.07) is 5.84. The van der Waals surface area contributed by atoms with Crippen LogP contribution < -0.4 is 10.6 Å². The summed E-state index contributed by atoms with van der Waals surface area (Å²) in [6.45, 7) is 0. The number of alkyl halides is 3. The fourth-order valence-corrected chi connectivity index (χ4v) is 3.09. The number of benzene rings is 1. The van der Waals surface area contributed by atoms with Crippen LogP contribution in [0.25, 0.3) is 11.3 Å². The van der Waals surface area contributed by atoms with Crippen LogP contribution in [-0.4, -0.2) is 28.6 Å². The van der Waals surface area contributed by atoms with E-state index in [0.29, 0.717) is 16.3 Å². The largest absolute Gasteiger partial charge is 0.391 e. The van der Waals surface area contributed by atoms with Crippen molar-refractivity contribution in [3.8, 4) is 11.3 Å². The van der Waals surface area contributed by atoms with Gasteiger partial charge in [0.1, 0.15) is 0 Å². The Morgan fingerprint density at radius 2 is 1.77 bits per heavy atom. The Morgan fingerprint density at radius 1 is 1.12 bits per heavy atom. The molecule has 6 nitrogen and oxygen atoms in total. The molecule has 1 aliphatic carbocycles. The van der Waals surface area contributed by atoms with E-state index in [1.165, 1.54) is 0 Å². The third-order valence-corrected chi connectivity index (χ3v) is 4.62. The zero-order chi connectivity index (χ0) is 18.7. The molecule has 1 heterocycles. The summed E-state index contributed by atoms with van der Waals surface area (Å²) in [6.07, 6.45) is -3.60. The van der Waals surface area contributed by atoms with Crippen LogP contribution in [-0.2, 0) is 0 Å². The first kappa shape index (κ1) is 18.5. The Bertz CT molecular complexity index is 756. The van der Waals surface area contributed by atoms with Gasteiger partial charge in [-0.2, -0.15) is 13.2 Å². The van der Waals surface area contributed by atoms with Gasteiger partial charge in [0.05, 0.1) is 5.92 Å².